The van der Waals surface area contributed by atoms with Crippen LogP contribution in [-0.2, 0) is 11.4 Å². The first-order valence-electron chi connectivity index (χ1n) is 6.14. The fourth-order valence-corrected chi connectivity index (χ4v) is 2.42. The van der Waals surface area contributed by atoms with Crippen molar-refractivity contribution in [3.8, 4) is 11.5 Å². The number of nitrogens with one attached hydrogen (secondary N) is 1. The molecule has 2 atom stereocenters. The zero-order valence-electron chi connectivity index (χ0n) is 12.5. The van der Waals surface area contributed by atoms with Gasteiger partial charge in [-0.05, 0) is 26.7 Å². The van der Waals surface area contributed by atoms with Crippen LogP contribution in [0.2, 0.25) is 19.6 Å². The molecule has 0 radical (unpaired) electrons. The zero-order chi connectivity index (χ0) is 13.9. The molecular formula is C13H27NOSSi. The van der Waals surface area contributed by atoms with Gasteiger partial charge in [-0.15, -0.1) is 10.3 Å². The molecule has 0 heterocycles. The molecule has 0 unspecified atom stereocenters. The van der Waals surface area contributed by atoms with E-state index in [1.54, 1.807) is 0 Å². The minimum Gasteiger partial charge on any atom is -0.598 e. The molecule has 100 valence electrons. The van der Waals surface area contributed by atoms with Crippen LogP contribution in [0.1, 0.15) is 34.6 Å². The maximum Gasteiger partial charge on any atom is 0.136 e. The first kappa shape index (κ1) is 17.0. The lowest BCUT2D eigenvalue weighted by atomic mass is 10.1. The molecule has 0 aliphatic rings. The molecule has 0 saturated carbocycles. The Morgan fingerprint density at radius 3 is 1.94 bits per heavy atom. The predicted octanol–water partition coefficient (Wildman–Crippen LogP) is 2.94. The smallest absolute Gasteiger partial charge is 0.136 e. The second-order valence-corrected chi connectivity index (χ2v) is 13.5. The van der Waals surface area contributed by atoms with Gasteiger partial charge in [0.25, 0.3) is 0 Å². The van der Waals surface area contributed by atoms with E-state index in [4.69, 9.17) is 0 Å². The van der Waals surface area contributed by atoms with Gasteiger partial charge < -0.3 is 4.55 Å². The van der Waals surface area contributed by atoms with Crippen LogP contribution in [-0.4, -0.2) is 23.4 Å². The molecule has 0 aliphatic carbocycles. The second kappa shape index (κ2) is 6.28. The van der Waals surface area contributed by atoms with E-state index in [1.165, 1.54) is 0 Å². The first-order valence-corrected chi connectivity index (χ1v) is 10.8. The maximum absolute atomic E-state index is 12.0. The highest BCUT2D eigenvalue weighted by molar-refractivity contribution is 7.90. The Balaban J connectivity index is 4.72. The van der Waals surface area contributed by atoms with E-state index in [0.29, 0.717) is 5.92 Å². The largest absolute Gasteiger partial charge is 0.598 e. The van der Waals surface area contributed by atoms with Crippen LogP contribution >= 0.6 is 0 Å². The molecule has 0 bridgehead atoms. The van der Waals surface area contributed by atoms with Crippen LogP contribution in [0.15, 0.2) is 0 Å². The molecule has 0 aliphatic heterocycles. The van der Waals surface area contributed by atoms with Crippen LogP contribution in [0.3, 0.4) is 0 Å². The van der Waals surface area contributed by atoms with Crippen molar-refractivity contribution in [2.75, 3.05) is 0 Å². The van der Waals surface area contributed by atoms with Crippen molar-refractivity contribution in [3.05, 3.63) is 0 Å². The molecule has 0 aromatic heterocycles. The fourth-order valence-electron chi connectivity index (χ4n) is 0.919. The molecule has 0 amide bonds. The summed E-state index contributed by atoms with van der Waals surface area (Å²) in [6.07, 6.45) is 0. The minimum atomic E-state index is -1.36. The quantitative estimate of drug-likeness (QED) is 0.487. The van der Waals surface area contributed by atoms with Gasteiger partial charge in [0, 0.05) is 11.4 Å². The van der Waals surface area contributed by atoms with Crippen molar-refractivity contribution >= 4 is 19.4 Å². The summed E-state index contributed by atoms with van der Waals surface area (Å²) in [5, 5.41) is 0. The van der Waals surface area contributed by atoms with Gasteiger partial charge >= 0.3 is 0 Å². The lowest BCUT2D eigenvalue weighted by molar-refractivity contribution is 0.498. The van der Waals surface area contributed by atoms with Crippen LogP contribution in [0.5, 0.6) is 0 Å². The van der Waals surface area contributed by atoms with Crippen LogP contribution < -0.4 is 4.72 Å². The van der Waals surface area contributed by atoms with Gasteiger partial charge in [0.1, 0.15) is 18.9 Å². The van der Waals surface area contributed by atoms with Gasteiger partial charge in [-0.2, -0.15) is 0 Å². The first-order chi connectivity index (χ1) is 7.43. The fraction of sp³-hybridized carbons (Fsp3) is 0.846. The summed E-state index contributed by atoms with van der Waals surface area (Å²) in [5.41, 5.74) is 3.35. The normalized spacial score (nSPS) is 16.4. The average Bonchev–Trinajstić information content (AvgIpc) is 2.07. The minimum absolute atomic E-state index is 0.0155. The Morgan fingerprint density at radius 2 is 1.65 bits per heavy atom. The molecule has 1 N–H and O–H groups in total. The van der Waals surface area contributed by atoms with E-state index in [0.717, 1.165) is 0 Å². The van der Waals surface area contributed by atoms with Crippen LogP contribution in [0.4, 0.5) is 0 Å². The predicted molar refractivity (Wildman–Crippen MR) is 80.8 cm³/mol. The molecule has 0 saturated heterocycles. The SMILES string of the molecule is CC(C)[C@@H](C#C[Si](C)(C)C)N[S@@+]([O-])C(C)(C)C. The molecule has 0 aromatic rings. The summed E-state index contributed by atoms with van der Waals surface area (Å²) in [6, 6.07) is 0.0155. The van der Waals surface area contributed by atoms with Gasteiger partial charge in [0.05, 0.1) is 0 Å². The Labute approximate surface area is 111 Å². The van der Waals surface area contributed by atoms with E-state index >= 15 is 0 Å². The van der Waals surface area contributed by atoms with Gasteiger partial charge in [-0.25, -0.2) is 0 Å². The third-order valence-corrected chi connectivity index (χ3v) is 4.53. The summed E-state index contributed by atoms with van der Waals surface area (Å²) < 4.78 is 15.0. The molecule has 0 fully saturated rings. The van der Waals surface area contributed by atoms with Gasteiger partial charge in [-0.1, -0.05) is 39.4 Å². The Hall–Kier alpha value is 0.0469. The highest BCUT2D eigenvalue weighted by Crippen LogP contribution is 2.15. The van der Waals surface area contributed by atoms with Gasteiger partial charge in [0.15, 0.2) is 0 Å². The van der Waals surface area contributed by atoms with Crippen molar-refractivity contribution in [2.24, 2.45) is 5.92 Å². The second-order valence-electron chi connectivity index (χ2n) is 6.74. The summed E-state index contributed by atoms with van der Waals surface area (Å²) >= 11 is -1.05. The molecule has 0 rings (SSSR count). The lowest BCUT2D eigenvalue weighted by Crippen LogP contribution is -2.46. The summed E-state index contributed by atoms with van der Waals surface area (Å²) in [4.78, 5) is 0. The molecule has 17 heavy (non-hydrogen) atoms. The Kier molecular flexibility index (Phi) is 6.30. The van der Waals surface area contributed by atoms with Crippen molar-refractivity contribution in [1.29, 1.82) is 0 Å². The molecule has 0 aromatic carbocycles. The Bertz CT molecular complexity index is 293. The summed E-state index contributed by atoms with van der Waals surface area (Å²) in [7, 11) is -1.36. The molecule has 2 nitrogen and oxygen atoms in total. The molecule has 0 spiro atoms. The third kappa shape index (κ3) is 7.88. The topological polar surface area (TPSA) is 35.1 Å². The standard InChI is InChI=1S/C13H27NOSSi/c1-11(2)12(9-10-17(6,7)8)14-16(15)13(3,4)5/h11-12,14H,1-8H3/t12-,16+/m1/s1. The van der Waals surface area contributed by atoms with Crippen molar-refractivity contribution in [2.45, 2.75) is 65.0 Å². The Morgan fingerprint density at radius 1 is 1.18 bits per heavy atom. The van der Waals surface area contributed by atoms with Gasteiger partial charge in [-0.3, -0.25) is 0 Å². The number of hydrogen-bond donors (Lipinski definition) is 1. The highest BCUT2D eigenvalue weighted by atomic mass is 32.2. The van der Waals surface area contributed by atoms with Crippen molar-refractivity contribution in [3.63, 3.8) is 0 Å². The highest BCUT2D eigenvalue weighted by Gasteiger charge is 2.29. The van der Waals surface area contributed by atoms with Crippen molar-refractivity contribution < 1.29 is 4.55 Å². The van der Waals surface area contributed by atoms with Crippen LogP contribution in [0, 0.1) is 17.4 Å². The van der Waals surface area contributed by atoms with E-state index in [-0.39, 0.29) is 10.8 Å². The van der Waals surface area contributed by atoms with Crippen molar-refractivity contribution in [1.82, 2.24) is 4.72 Å². The van der Waals surface area contributed by atoms with Gasteiger partial charge in [0.2, 0.25) is 0 Å². The number of rotatable bonds is 3. The van der Waals surface area contributed by atoms with E-state index in [1.807, 2.05) is 20.8 Å². The van der Waals surface area contributed by atoms with E-state index in [2.05, 4.69) is 49.7 Å². The number of hydrogen-bond acceptors (Lipinski definition) is 2. The molecule has 4 heteroatoms. The average molecular weight is 274 g/mol. The lowest BCUT2D eigenvalue weighted by Gasteiger charge is -2.27. The molecular weight excluding hydrogens is 246 g/mol. The summed E-state index contributed by atoms with van der Waals surface area (Å²) in [5.74, 6) is 3.64. The third-order valence-electron chi connectivity index (χ3n) is 2.06. The monoisotopic (exact) mass is 273 g/mol. The maximum atomic E-state index is 12.0. The van der Waals surface area contributed by atoms with Crippen LogP contribution in [0.25, 0.3) is 0 Å². The van der Waals surface area contributed by atoms with E-state index < -0.39 is 19.4 Å². The zero-order valence-corrected chi connectivity index (χ0v) is 14.3. The van der Waals surface area contributed by atoms with E-state index in [9.17, 15) is 4.55 Å². The summed E-state index contributed by atoms with van der Waals surface area (Å²) in [6.45, 7) is 16.8.